The van der Waals surface area contributed by atoms with Gasteiger partial charge >= 0.3 is 12.1 Å². The van der Waals surface area contributed by atoms with Gasteiger partial charge in [-0.3, -0.25) is 4.90 Å². The summed E-state index contributed by atoms with van der Waals surface area (Å²) in [6.45, 7) is 13.8. The van der Waals surface area contributed by atoms with E-state index >= 15 is 0 Å². The highest BCUT2D eigenvalue weighted by Crippen LogP contribution is 2.37. The average molecular weight is 299 g/mol. The van der Waals surface area contributed by atoms with Crippen molar-refractivity contribution in [2.24, 2.45) is 5.41 Å². The maximum absolute atomic E-state index is 12.5. The molecule has 1 aliphatic rings. The summed E-state index contributed by atoms with van der Waals surface area (Å²) < 4.78 is 10.6. The standard InChI is InChI=1S/C16H29NO4/c1-8-20-13(18)11-9-10-12(15(2,3)4)17(11)14(19)21-16(5,6)7/h11-12H,8-10H2,1-7H3/t11-,12-/m0/s1. The van der Waals surface area contributed by atoms with E-state index in [1.807, 2.05) is 20.8 Å². The predicted octanol–water partition coefficient (Wildman–Crippen LogP) is 3.36. The number of ether oxygens (including phenoxy) is 2. The van der Waals surface area contributed by atoms with Crippen LogP contribution in [0.15, 0.2) is 0 Å². The van der Waals surface area contributed by atoms with Crippen LogP contribution in [0.2, 0.25) is 0 Å². The molecule has 122 valence electrons. The quantitative estimate of drug-likeness (QED) is 0.734. The molecule has 1 aliphatic heterocycles. The Balaban J connectivity index is 3.01. The number of hydrogen-bond acceptors (Lipinski definition) is 4. The van der Waals surface area contributed by atoms with Crippen molar-refractivity contribution < 1.29 is 19.1 Å². The lowest BCUT2D eigenvalue weighted by molar-refractivity contribution is -0.149. The molecule has 1 fully saturated rings. The molecule has 1 heterocycles. The highest BCUT2D eigenvalue weighted by atomic mass is 16.6. The Kier molecular flexibility index (Phi) is 5.29. The van der Waals surface area contributed by atoms with Crippen molar-refractivity contribution >= 4 is 12.1 Å². The number of esters is 1. The molecule has 5 nitrogen and oxygen atoms in total. The fourth-order valence-electron chi connectivity index (χ4n) is 2.70. The second-order valence-corrected chi connectivity index (χ2v) is 7.61. The zero-order valence-electron chi connectivity index (χ0n) is 14.4. The molecular weight excluding hydrogens is 270 g/mol. The van der Waals surface area contributed by atoms with Crippen LogP contribution in [0.1, 0.15) is 61.3 Å². The van der Waals surface area contributed by atoms with Gasteiger partial charge in [0.2, 0.25) is 0 Å². The summed E-state index contributed by atoms with van der Waals surface area (Å²) in [7, 11) is 0. The van der Waals surface area contributed by atoms with Crippen molar-refractivity contribution in [2.75, 3.05) is 6.61 Å². The number of nitrogens with zero attached hydrogens (tertiary/aromatic N) is 1. The van der Waals surface area contributed by atoms with Gasteiger partial charge in [0, 0.05) is 6.04 Å². The molecule has 2 atom stereocenters. The second-order valence-electron chi connectivity index (χ2n) is 7.61. The van der Waals surface area contributed by atoms with Crippen LogP contribution in [0.4, 0.5) is 4.79 Å². The lowest BCUT2D eigenvalue weighted by Crippen LogP contribution is -2.51. The van der Waals surface area contributed by atoms with Crippen LogP contribution >= 0.6 is 0 Å². The third-order valence-corrected chi connectivity index (χ3v) is 3.55. The molecule has 0 aromatic heterocycles. The molecule has 0 aliphatic carbocycles. The van der Waals surface area contributed by atoms with Crippen LogP contribution in [0.3, 0.4) is 0 Å². The van der Waals surface area contributed by atoms with Crippen molar-refractivity contribution in [2.45, 2.75) is 79.0 Å². The molecule has 0 spiro atoms. The summed E-state index contributed by atoms with van der Waals surface area (Å²) in [5.74, 6) is -0.338. The van der Waals surface area contributed by atoms with Crippen LogP contribution in [0.5, 0.6) is 0 Å². The fraction of sp³-hybridized carbons (Fsp3) is 0.875. The highest BCUT2D eigenvalue weighted by molar-refractivity contribution is 5.82. The first-order valence-electron chi connectivity index (χ1n) is 7.65. The molecule has 1 rings (SSSR count). The Morgan fingerprint density at radius 2 is 1.67 bits per heavy atom. The minimum absolute atomic E-state index is 0.0262. The molecule has 0 aromatic rings. The monoisotopic (exact) mass is 299 g/mol. The Labute approximate surface area is 128 Å². The van der Waals surface area contributed by atoms with Gasteiger partial charge in [-0.2, -0.15) is 0 Å². The third-order valence-electron chi connectivity index (χ3n) is 3.55. The number of hydrogen-bond donors (Lipinski definition) is 0. The van der Waals surface area contributed by atoms with E-state index in [2.05, 4.69) is 20.8 Å². The number of amides is 1. The summed E-state index contributed by atoms with van der Waals surface area (Å²) in [5.41, 5.74) is -0.695. The van der Waals surface area contributed by atoms with Crippen LogP contribution in [0, 0.1) is 5.41 Å². The maximum atomic E-state index is 12.5. The van der Waals surface area contributed by atoms with Crippen molar-refractivity contribution in [3.63, 3.8) is 0 Å². The number of likely N-dealkylation sites (tertiary alicyclic amines) is 1. The first kappa shape index (κ1) is 17.8. The Morgan fingerprint density at radius 1 is 1.10 bits per heavy atom. The van der Waals surface area contributed by atoms with Gasteiger partial charge in [-0.15, -0.1) is 0 Å². The van der Waals surface area contributed by atoms with E-state index in [1.165, 1.54) is 0 Å². The van der Waals surface area contributed by atoms with Crippen molar-refractivity contribution in [1.82, 2.24) is 4.90 Å². The fourth-order valence-corrected chi connectivity index (χ4v) is 2.70. The van der Waals surface area contributed by atoms with Crippen LogP contribution < -0.4 is 0 Å². The molecular formula is C16H29NO4. The van der Waals surface area contributed by atoms with E-state index in [0.717, 1.165) is 6.42 Å². The van der Waals surface area contributed by atoms with Gasteiger partial charge in [0.1, 0.15) is 11.6 Å². The topological polar surface area (TPSA) is 55.8 Å². The van der Waals surface area contributed by atoms with Crippen LogP contribution in [-0.2, 0) is 14.3 Å². The van der Waals surface area contributed by atoms with Gasteiger partial charge in [-0.05, 0) is 46.0 Å². The van der Waals surface area contributed by atoms with Gasteiger partial charge in [-0.25, -0.2) is 9.59 Å². The van der Waals surface area contributed by atoms with E-state index in [4.69, 9.17) is 9.47 Å². The Hall–Kier alpha value is -1.26. The van der Waals surface area contributed by atoms with Crippen molar-refractivity contribution in [3.8, 4) is 0 Å². The minimum atomic E-state index is -0.582. The molecule has 0 bridgehead atoms. The van der Waals surface area contributed by atoms with E-state index < -0.39 is 17.7 Å². The van der Waals surface area contributed by atoms with Crippen LogP contribution in [0.25, 0.3) is 0 Å². The summed E-state index contributed by atoms with van der Waals surface area (Å²) in [6, 6.07) is -0.564. The van der Waals surface area contributed by atoms with Gasteiger partial charge in [-0.1, -0.05) is 20.8 Å². The summed E-state index contributed by atoms with van der Waals surface area (Å²) in [6.07, 6.45) is 0.977. The molecule has 1 saturated heterocycles. The lowest BCUT2D eigenvalue weighted by atomic mass is 9.85. The smallest absolute Gasteiger partial charge is 0.411 e. The number of rotatable bonds is 2. The Morgan fingerprint density at radius 3 is 2.10 bits per heavy atom. The first-order valence-corrected chi connectivity index (χ1v) is 7.65. The predicted molar refractivity (Wildman–Crippen MR) is 81.0 cm³/mol. The van der Waals surface area contributed by atoms with E-state index in [-0.39, 0.29) is 17.4 Å². The summed E-state index contributed by atoms with van der Waals surface area (Å²) in [4.78, 5) is 26.2. The molecule has 1 amide bonds. The molecule has 0 N–H and O–H groups in total. The average Bonchev–Trinajstić information content (AvgIpc) is 2.70. The largest absolute Gasteiger partial charge is 0.464 e. The summed E-state index contributed by atoms with van der Waals surface area (Å²) in [5, 5.41) is 0. The molecule has 0 saturated carbocycles. The molecule has 5 heteroatoms. The zero-order chi connectivity index (χ0) is 16.4. The van der Waals surface area contributed by atoms with E-state index in [9.17, 15) is 9.59 Å². The maximum Gasteiger partial charge on any atom is 0.411 e. The SMILES string of the molecule is CCOC(=O)[C@@H]1CC[C@@H](C(C)(C)C)N1C(=O)OC(C)(C)C. The highest BCUT2D eigenvalue weighted by Gasteiger charge is 2.47. The normalized spacial score (nSPS) is 23.1. The number of carbonyl (C=O) groups excluding carboxylic acids is 2. The van der Waals surface area contributed by atoms with E-state index in [0.29, 0.717) is 13.0 Å². The minimum Gasteiger partial charge on any atom is -0.464 e. The Bertz CT molecular complexity index is 392. The van der Waals surface area contributed by atoms with Crippen molar-refractivity contribution in [1.29, 1.82) is 0 Å². The summed E-state index contributed by atoms with van der Waals surface area (Å²) >= 11 is 0. The second kappa shape index (κ2) is 6.24. The lowest BCUT2D eigenvalue weighted by Gasteiger charge is -2.37. The van der Waals surface area contributed by atoms with Gasteiger partial charge in [0.05, 0.1) is 6.61 Å². The van der Waals surface area contributed by atoms with Gasteiger partial charge in [0.25, 0.3) is 0 Å². The molecule has 0 unspecified atom stereocenters. The van der Waals surface area contributed by atoms with Crippen LogP contribution in [-0.4, -0.2) is 41.3 Å². The van der Waals surface area contributed by atoms with E-state index in [1.54, 1.807) is 11.8 Å². The van der Waals surface area contributed by atoms with Crippen molar-refractivity contribution in [3.05, 3.63) is 0 Å². The first-order chi connectivity index (χ1) is 9.47. The zero-order valence-corrected chi connectivity index (χ0v) is 14.4. The third kappa shape index (κ3) is 4.61. The molecule has 21 heavy (non-hydrogen) atoms. The molecule has 0 aromatic carbocycles. The van der Waals surface area contributed by atoms with Gasteiger partial charge in [0.15, 0.2) is 0 Å². The molecule has 0 radical (unpaired) electrons. The number of carbonyl (C=O) groups is 2. The van der Waals surface area contributed by atoms with Gasteiger partial charge < -0.3 is 9.47 Å².